The maximum Gasteiger partial charge on any atom is 0.412 e. The molecular weight excluding hydrogens is 721 g/mol. The van der Waals surface area contributed by atoms with Crippen LogP contribution in [0.2, 0.25) is 19.1 Å². The van der Waals surface area contributed by atoms with E-state index < -0.39 is 49.0 Å². The minimum Gasteiger partial charge on any atom is -0.457 e. The SMILES string of the molecule is CC[C@@]1(OC(=O)CCNC(=O)OC(C)(C)C)C(=O)OCc2c1cc1n(c2=O)Cc2c-1nc1ccc(NC(=O)OC(C)(C)C)cc1c2[Si](C)(C)CCC(C)(C)C. The molecule has 5 rings (SSSR count). The summed E-state index contributed by atoms with van der Waals surface area (Å²) in [6.07, 6.45) is -0.496. The van der Waals surface area contributed by atoms with Crippen molar-refractivity contribution in [3.63, 3.8) is 0 Å². The minimum atomic E-state index is -2.29. The van der Waals surface area contributed by atoms with Crippen molar-refractivity contribution in [1.82, 2.24) is 14.9 Å². The number of carbonyl (C=O) groups is 4. The highest BCUT2D eigenvalue weighted by Gasteiger charge is 2.50. The molecule has 0 unspecified atom stereocenters. The first-order valence-electron chi connectivity index (χ1n) is 18.9. The van der Waals surface area contributed by atoms with E-state index in [1.54, 1.807) is 44.4 Å². The van der Waals surface area contributed by atoms with Crippen LogP contribution in [0.5, 0.6) is 0 Å². The summed E-state index contributed by atoms with van der Waals surface area (Å²) in [6, 6.07) is 8.30. The number of esters is 2. The van der Waals surface area contributed by atoms with Crippen LogP contribution in [0.3, 0.4) is 0 Å². The maximum absolute atomic E-state index is 14.4. The van der Waals surface area contributed by atoms with Gasteiger partial charge in [-0.05, 0) is 88.4 Å². The van der Waals surface area contributed by atoms with Crippen molar-refractivity contribution in [2.75, 3.05) is 11.9 Å². The Morgan fingerprint density at radius 3 is 2.22 bits per heavy atom. The second kappa shape index (κ2) is 14.7. The minimum absolute atomic E-state index is 0.0103. The Morgan fingerprint density at radius 1 is 0.945 bits per heavy atom. The molecule has 0 aliphatic carbocycles. The van der Waals surface area contributed by atoms with Crippen LogP contribution in [0.1, 0.15) is 105 Å². The summed E-state index contributed by atoms with van der Waals surface area (Å²) in [5.41, 5.74) is 0.325. The van der Waals surface area contributed by atoms with Crippen molar-refractivity contribution in [1.29, 1.82) is 0 Å². The molecule has 2 aromatic heterocycles. The van der Waals surface area contributed by atoms with Gasteiger partial charge in [-0.25, -0.2) is 19.4 Å². The highest BCUT2D eigenvalue weighted by molar-refractivity contribution is 6.91. The lowest BCUT2D eigenvalue weighted by atomic mass is 9.85. The molecule has 2 aliphatic heterocycles. The predicted molar refractivity (Wildman–Crippen MR) is 213 cm³/mol. The second-order valence-electron chi connectivity index (χ2n) is 18.3. The van der Waals surface area contributed by atoms with Gasteiger partial charge >= 0.3 is 24.1 Å². The lowest BCUT2D eigenvalue weighted by molar-refractivity contribution is -0.189. The molecule has 0 radical (unpaired) electrons. The van der Waals surface area contributed by atoms with E-state index in [1.807, 2.05) is 32.9 Å². The smallest absolute Gasteiger partial charge is 0.412 e. The van der Waals surface area contributed by atoms with Gasteiger partial charge in [-0.15, -0.1) is 0 Å². The number of alkyl carbamates (subject to hydrolysis) is 1. The lowest BCUT2D eigenvalue weighted by Crippen LogP contribution is -2.48. The molecule has 2 N–H and O–H groups in total. The number of hydrogen-bond acceptors (Lipinski definition) is 10. The third-order valence-corrected chi connectivity index (χ3v) is 13.2. The van der Waals surface area contributed by atoms with Crippen molar-refractivity contribution in [3.05, 3.63) is 51.3 Å². The number of ether oxygens (including phenoxy) is 4. The first-order chi connectivity index (χ1) is 25.3. The molecule has 298 valence electrons. The van der Waals surface area contributed by atoms with E-state index in [0.717, 1.165) is 28.6 Å². The quantitative estimate of drug-likeness (QED) is 0.101. The normalized spacial score (nSPS) is 16.8. The zero-order valence-corrected chi connectivity index (χ0v) is 35.3. The lowest BCUT2D eigenvalue weighted by Gasteiger charge is -2.35. The Balaban J connectivity index is 1.60. The average molecular weight is 777 g/mol. The van der Waals surface area contributed by atoms with Gasteiger partial charge in [0, 0.05) is 23.2 Å². The van der Waals surface area contributed by atoms with Crippen LogP contribution in [0, 0.1) is 5.41 Å². The molecule has 1 aromatic carbocycles. The summed E-state index contributed by atoms with van der Waals surface area (Å²) >= 11 is 0. The van der Waals surface area contributed by atoms with E-state index in [0.29, 0.717) is 22.6 Å². The molecule has 0 saturated carbocycles. The summed E-state index contributed by atoms with van der Waals surface area (Å²) in [7, 11) is -2.29. The van der Waals surface area contributed by atoms with Crippen LogP contribution in [0.15, 0.2) is 29.1 Å². The van der Waals surface area contributed by atoms with E-state index in [-0.39, 0.29) is 54.6 Å². The Labute approximate surface area is 323 Å². The van der Waals surface area contributed by atoms with Gasteiger partial charge in [0.15, 0.2) is 0 Å². The number of rotatable bonds is 9. The summed E-state index contributed by atoms with van der Waals surface area (Å²) in [5.74, 6) is -1.52. The Hall–Kier alpha value is -4.72. The number of pyridine rings is 2. The number of carbonyl (C=O) groups excluding carboxylic acids is 4. The number of nitrogens with one attached hydrogen (secondary N) is 2. The molecule has 0 fully saturated rings. The Bertz CT molecular complexity index is 2100. The van der Waals surface area contributed by atoms with E-state index in [9.17, 15) is 24.0 Å². The molecule has 55 heavy (non-hydrogen) atoms. The topological polar surface area (TPSA) is 164 Å². The highest BCUT2D eigenvalue weighted by atomic mass is 28.3. The van der Waals surface area contributed by atoms with Crippen molar-refractivity contribution >= 4 is 54.0 Å². The molecule has 1 atom stereocenters. The van der Waals surface area contributed by atoms with Gasteiger partial charge < -0.3 is 28.8 Å². The van der Waals surface area contributed by atoms with Crippen LogP contribution < -0.4 is 21.4 Å². The number of hydrogen-bond donors (Lipinski definition) is 2. The average Bonchev–Trinajstić information content (AvgIpc) is 3.40. The molecule has 0 bridgehead atoms. The fourth-order valence-electron chi connectivity index (χ4n) is 7.15. The van der Waals surface area contributed by atoms with Crippen molar-refractivity contribution < 1.29 is 38.1 Å². The van der Waals surface area contributed by atoms with Crippen LogP contribution in [-0.4, -0.2) is 59.5 Å². The highest BCUT2D eigenvalue weighted by Crippen LogP contribution is 2.42. The number of anilines is 1. The molecule has 13 nitrogen and oxygen atoms in total. The summed E-state index contributed by atoms with van der Waals surface area (Å²) in [4.78, 5) is 71.3. The number of amides is 2. The van der Waals surface area contributed by atoms with Gasteiger partial charge in [0.25, 0.3) is 5.56 Å². The number of nitrogens with zero attached hydrogens (tertiary/aromatic N) is 2. The van der Waals surface area contributed by atoms with Gasteiger partial charge in [0.1, 0.15) is 17.8 Å². The van der Waals surface area contributed by atoms with Gasteiger partial charge in [-0.2, -0.15) is 0 Å². The monoisotopic (exact) mass is 776 g/mol. The molecule has 2 aliphatic rings. The van der Waals surface area contributed by atoms with E-state index in [2.05, 4.69) is 44.5 Å². The van der Waals surface area contributed by atoms with Gasteiger partial charge in [-0.1, -0.05) is 53.3 Å². The molecule has 3 aromatic rings. The molecule has 2 amide bonds. The summed E-state index contributed by atoms with van der Waals surface area (Å²) in [6.45, 7) is 23.5. The van der Waals surface area contributed by atoms with Crippen molar-refractivity contribution in [3.8, 4) is 11.4 Å². The van der Waals surface area contributed by atoms with E-state index in [4.69, 9.17) is 23.9 Å². The van der Waals surface area contributed by atoms with Gasteiger partial charge in [-0.3, -0.25) is 14.9 Å². The number of cyclic esters (lactones) is 1. The second-order valence-corrected chi connectivity index (χ2v) is 23.1. The Kier molecular flexibility index (Phi) is 11.1. The molecule has 14 heteroatoms. The number of aromatic nitrogens is 2. The molecule has 0 saturated heterocycles. The van der Waals surface area contributed by atoms with E-state index in [1.165, 1.54) is 0 Å². The largest absolute Gasteiger partial charge is 0.457 e. The fourth-order valence-corrected chi connectivity index (χ4v) is 10.7. The predicted octanol–water partition coefficient (Wildman–Crippen LogP) is 7.24. The van der Waals surface area contributed by atoms with Crippen LogP contribution in [-0.2, 0) is 47.3 Å². The third-order valence-electron chi connectivity index (χ3n) is 9.76. The van der Waals surface area contributed by atoms with Crippen molar-refractivity contribution in [2.45, 2.75) is 138 Å². The summed E-state index contributed by atoms with van der Waals surface area (Å²) < 4.78 is 23.9. The molecule has 4 heterocycles. The van der Waals surface area contributed by atoms with Crippen molar-refractivity contribution in [2.24, 2.45) is 5.41 Å². The van der Waals surface area contributed by atoms with Gasteiger partial charge in [0.2, 0.25) is 5.60 Å². The van der Waals surface area contributed by atoms with Crippen LogP contribution in [0.25, 0.3) is 22.3 Å². The first-order valence-corrected chi connectivity index (χ1v) is 22.2. The third kappa shape index (κ3) is 9.06. The van der Waals surface area contributed by atoms with E-state index >= 15 is 0 Å². The number of fused-ring (bicyclic) bond motifs is 5. The van der Waals surface area contributed by atoms with Crippen LogP contribution in [0.4, 0.5) is 15.3 Å². The maximum atomic E-state index is 14.4. The number of benzene rings is 1. The van der Waals surface area contributed by atoms with Gasteiger partial charge in [0.05, 0.1) is 43.5 Å². The first kappa shape index (κ1) is 41.4. The zero-order valence-electron chi connectivity index (χ0n) is 34.3. The standard InChI is InChI=1S/C41H56N4O9Si/c1-13-41(52-31(46)16-18-42-36(49)53-39(5,6)7)28-21-30-32-26(22-45(30)34(47)27(28)23-51-35(41)48)33(55(11,12)19-17-38(2,3)4)25-20-24(14-15-29(25)44-32)43-37(50)54-40(8,9)10/h14-15,20-21H,13,16-19,22-23H2,1-12H3,(H,42,49)(H,43,50)/t41-/m0/s1. The Morgan fingerprint density at radius 2 is 1.60 bits per heavy atom. The summed E-state index contributed by atoms with van der Waals surface area (Å²) in [5, 5.41) is 7.45. The molecule has 0 spiro atoms. The van der Waals surface area contributed by atoms with Crippen LogP contribution >= 0.6 is 0 Å². The molecular formula is C41H56N4O9Si. The fraction of sp³-hybridized carbons (Fsp3) is 0.561. The zero-order chi connectivity index (χ0) is 40.9.